The number of aryl methyl sites for hydroxylation is 1. The minimum atomic E-state index is -0.472. The lowest BCUT2D eigenvalue weighted by atomic mass is 9.89. The molecule has 0 aromatic heterocycles. The van der Waals surface area contributed by atoms with Crippen LogP contribution in [0.5, 0.6) is 0 Å². The van der Waals surface area contributed by atoms with Gasteiger partial charge in [0.1, 0.15) is 0 Å². The van der Waals surface area contributed by atoms with Gasteiger partial charge in [0.15, 0.2) is 0 Å². The van der Waals surface area contributed by atoms with Crippen molar-refractivity contribution in [2.24, 2.45) is 5.92 Å². The van der Waals surface area contributed by atoms with Crippen molar-refractivity contribution >= 4 is 17.6 Å². The van der Waals surface area contributed by atoms with Crippen molar-refractivity contribution in [2.45, 2.75) is 46.0 Å². The molecule has 0 aliphatic heterocycles. The number of rotatable bonds is 5. The number of carbonyl (C=O) groups is 2. The zero-order chi connectivity index (χ0) is 17.5. The first-order chi connectivity index (χ1) is 11.5. The van der Waals surface area contributed by atoms with Gasteiger partial charge in [-0.15, -0.1) is 0 Å². The number of hydrogen-bond acceptors (Lipinski definition) is 3. The highest BCUT2D eigenvalue weighted by Crippen LogP contribution is 2.24. The normalized spacial score (nSPS) is 15.3. The molecule has 5 nitrogen and oxygen atoms in total. The topological polar surface area (TPSA) is 61.4 Å². The molecule has 2 N–H and O–H groups in total. The van der Waals surface area contributed by atoms with Crippen LogP contribution in [0.4, 0.5) is 10.5 Å². The van der Waals surface area contributed by atoms with E-state index in [4.69, 9.17) is 0 Å². The molecule has 5 heteroatoms. The van der Waals surface area contributed by atoms with Crippen LogP contribution in [0.15, 0.2) is 18.2 Å². The second-order valence-electron chi connectivity index (χ2n) is 6.95. The van der Waals surface area contributed by atoms with Gasteiger partial charge in [0.25, 0.3) is 0 Å². The molecule has 0 spiro atoms. The molecule has 1 aromatic carbocycles. The number of nitrogens with zero attached hydrogens (tertiary/aromatic N) is 1. The molecule has 132 valence electrons. The summed E-state index contributed by atoms with van der Waals surface area (Å²) in [5, 5.41) is 5.16. The number of imide groups is 1. The van der Waals surface area contributed by atoms with E-state index < -0.39 is 6.03 Å². The first-order valence-corrected chi connectivity index (χ1v) is 8.81. The SMILES string of the molecule is Cc1cccc(NC(=O)NC(=O)CN(C)CC2CCCCC2)c1C. The van der Waals surface area contributed by atoms with Gasteiger partial charge in [0, 0.05) is 12.2 Å². The summed E-state index contributed by atoms with van der Waals surface area (Å²) in [6, 6.07) is 5.24. The van der Waals surface area contributed by atoms with Gasteiger partial charge in [-0.3, -0.25) is 15.0 Å². The number of urea groups is 1. The van der Waals surface area contributed by atoms with Gasteiger partial charge in [-0.1, -0.05) is 31.4 Å². The Bertz CT molecular complexity index is 580. The van der Waals surface area contributed by atoms with Crippen LogP contribution in [0.3, 0.4) is 0 Å². The Morgan fingerprint density at radius 1 is 1.17 bits per heavy atom. The van der Waals surface area contributed by atoms with Crippen LogP contribution in [-0.2, 0) is 4.79 Å². The van der Waals surface area contributed by atoms with Crippen molar-refractivity contribution in [1.82, 2.24) is 10.2 Å². The summed E-state index contributed by atoms with van der Waals surface area (Å²) >= 11 is 0. The van der Waals surface area contributed by atoms with Gasteiger partial charge >= 0.3 is 6.03 Å². The van der Waals surface area contributed by atoms with E-state index in [0.29, 0.717) is 5.92 Å². The molecule has 1 saturated carbocycles. The fourth-order valence-corrected chi connectivity index (χ4v) is 3.33. The summed E-state index contributed by atoms with van der Waals surface area (Å²) in [6.07, 6.45) is 6.42. The molecule has 1 aromatic rings. The number of amides is 3. The van der Waals surface area contributed by atoms with Crippen LogP contribution >= 0.6 is 0 Å². The lowest BCUT2D eigenvalue weighted by Gasteiger charge is -2.26. The minimum Gasteiger partial charge on any atom is -0.307 e. The molecule has 2 rings (SSSR count). The van der Waals surface area contributed by atoms with E-state index in [1.807, 2.05) is 44.0 Å². The standard InChI is InChI=1S/C19H29N3O2/c1-14-8-7-11-17(15(14)2)20-19(24)21-18(23)13-22(3)12-16-9-5-4-6-10-16/h7-8,11,16H,4-6,9-10,12-13H2,1-3H3,(H2,20,21,23,24). The van der Waals surface area contributed by atoms with E-state index >= 15 is 0 Å². The summed E-state index contributed by atoms with van der Waals surface area (Å²) in [7, 11) is 1.94. The number of anilines is 1. The summed E-state index contributed by atoms with van der Waals surface area (Å²) in [5.74, 6) is 0.413. The maximum Gasteiger partial charge on any atom is 0.325 e. The number of nitrogens with one attached hydrogen (secondary N) is 2. The molecule has 1 aliphatic rings. The van der Waals surface area contributed by atoms with Crippen LogP contribution in [-0.4, -0.2) is 37.0 Å². The van der Waals surface area contributed by atoms with Gasteiger partial charge < -0.3 is 5.32 Å². The summed E-state index contributed by atoms with van der Waals surface area (Å²) in [5.41, 5.74) is 2.84. The average Bonchev–Trinajstić information content (AvgIpc) is 2.52. The Hall–Kier alpha value is -1.88. The molecule has 24 heavy (non-hydrogen) atoms. The molecular weight excluding hydrogens is 302 g/mol. The largest absolute Gasteiger partial charge is 0.325 e. The summed E-state index contributed by atoms with van der Waals surface area (Å²) in [6.45, 7) is 5.11. The zero-order valence-electron chi connectivity index (χ0n) is 15.0. The Morgan fingerprint density at radius 3 is 2.58 bits per heavy atom. The van der Waals surface area contributed by atoms with Gasteiger partial charge in [-0.25, -0.2) is 4.79 Å². The Balaban J connectivity index is 1.76. The van der Waals surface area contributed by atoms with Gasteiger partial charge in [-0.2, -0.15) is 0 Å². The van der Waals surface area contributed by atoms with Crippen LogP contribution in [0.1, 0.15) is 43.2 Å². The monoisotopic (exact) mass is 331 g/mol. The lowest BCUT2D eigenvalue weighted by Crippen LogP contribution is -2.42. The number of carbonyl (C=O) groups excluding carboxylic acids is 2. The predicted octanol–water partition coefficient (Wildman–Crippen LogP) is 3.46. The van der Waals surface area contributed by atoms with E-state index in [9.17, 15) is 9.59 Å². The van der Waals surface area contributed by atoms with Crippen LogP contribution in [0.2, 0.25) is 0 Å². The molecule has 0 radical (unpaired) electrons. The van der Waals surface area contributed by atoms with Crippen molar-refractivity contribution in [1.29, 1.82) is 0 Å². The molecule has 0 saturated heterocycles. The third-order valence-electron chi connectivity index (χ3n) is 4.81. The first kappa shape index (κ1) is 18.5. The van der Waals surface area contributed by atoms with Gasteiger partial charge in [0.2, 0.25) is 5.91 Å². The molecule has 0 bridgehead atoms. The van der Waals surface area contributed by atoms with Crippen LogP contribution in [0, 0.1) is 19.8 Å². The highest BCUT2D eigenvalue weighted by molar-refractivity contribution is 6.02. The van der Waals surface area contributed by atoms with Crippen molar-refractivity contribution < 1.29 is 9.59 Å². The van der Waals surface area contributed by atoms with Crippen molar-refractivity contribution in [3.05, 3.63) is 29.3 Å². The second-order valence-corrected chi connectivity index (χ2v) is 6.95. The second kappa shape index (κ2) is 8.83. The fourth-order valence-electron chi connectivity index (χ4n) is 3.33. The first-order valence-electron chi connectivity index (χ1n) is 8.81. The summed E-state index contributed by atoms with van der Waals surface area (Å²) in [4.78, 5) is 26.0. The number of hydrogen-bond donors (Lipinski definition) is 2. The summed E-state index contributed by atoms with van der Waals surface area (Å²) < 4.78 is 0. The van der Waals surface area contributed by atoms with E-state index in [0.717, 1.165) is 23.4 Å². The molecular formula is C19H29N3O2. The zero-order valence-corrected chi connectivity index (χ0v) is 15.0. The molecule has 0 atom stereocenters. The van der Waals surface area contributed by atoms with Gasteiger partial charge in [-0.05, 0) is 56.8 Å². The fraction of sp³-hybridized carbons (Fsp3) is 0.579. The number of benzene rings is 1. The Labute approximate surface area is 144 Å². The van der Waals surface area contributed by atoms with E-state index in [2.05, 4.69) is 10.6 Å². The van der Waals surface area contributed by atoms with Crippen molar-refractivity contribution in [2.75, 3.05) is 25.5 Å². The maximum atomic E-state index is 12.0. The van der Waals surface area contributed by atoms with Crippen molar-refractivity contribution in [3.8, 4) is 0 Å². The van der Waals surface area contributed by atoms with Crippen molar-refractivity contribution in [3.63, 3.8) is 0 Å². The van der Waals surface area contributed by atoms with E-state index in [1.54, 1.807) is 0 Å². The molecule has 0 heterocycles. The third-order valence-corrected chi connectivity index (χ3v) is 4.81. The molecule has 1 fully saturated rings. The van der Waals surface area contributed by atoms with E-state index in [-0.39, 0.29) is 12.5 Å². The highest BCUT2D eigenvalue weighted by atomic mass is 16.2. The molecule has 0 unspecified atom stereocenters. The lowest BCUT2D eigenvalue weighted by molar-refractivity contribution is -0.120. The van der Waals surface area contributed by atoms with Crippen LogP contribution < -0.4 is 10.6 Å². The number of likely N-dealkylation sites (N-methyl/N-ethyl adjacent to an activating group) is 1. The predicted molar refractivity (Wildman–Crippen MR) is 97.1 cm³/mol. The van der Waals surface area contributed by atoms with Gasteiger partial charge in [0.05, 0.1) is 6.54 Å². The smallest absolute Gasteiger partial charge is 0.307 e. The Kier molecular flexibility index (Phi) is 6.79. The molecule has 1 aliphatic carbocycles. The Morgan fingerprint density at radius 2 is 1.88 bits per heavy atom. The maximum absolute atomic E-state index is 12.0. The van der Waals surface area contributed by atoms with E-state index in [1.165, 1.54) is 32.1 Å². The minimum absolute atomic E-state index is 0.247. The van der Waals surface area contributed by atoms with Crippen LogP contribution in [0.25, 0.3) is 0 Å². The highest BCUT2D eigenvalue weighted by Gasteiger charge is 2.17. The molecule has 3 amide bonds. The quantitative estimate of drug-likeness (QED) is 0.868. The third kappa shape index (κ3) is 5.64. The average molecular weight is 331 g/mol.